The summed E-state index contributed by atoms with van der Waals surface area (Å²) in [6.07, 6.45) is -0.734. The molecule has 0 spiro atoms. The summed E-state index contributed by atoms with van der Waals surface area (Å²) in [5.41, 5.74) is 0.375. The molecular weight excluding hydrogens is 404 g/mol. The van der Waals surface area contributed by atoms with E-state index in [9.17, 15) is 18.8 Å². The van der Waals surface area contributed by atoms with Gasteiger partial charge in [-0.2, -0.15) is 0 Å². The summed E-state index contributed by atoms with van der Waals surface area (Å²) in [5, 5.41) is 21.9. The molecule has 1 aromatic rings. The van der Waals surface area contributed by atoms with Crippen molar-refractivity contribution in [3.63, 3.8) is 0 Å². The van der Waals surface area contributed by atoms with Crippen LogP contribution in [-0.2, 0) is 9.59 Å². The molecule has 0 unspecified atom stereocenters. The van der Waals surface area contributed by atoms with Crippen LogP contribution in [0.4, 0.5) is 20.6 Å². The van der Waals surface area contributed by atoms with Crippen LogP contribution in [0.1, 0.15) is 12.8 Å². The number of carbonyl (C=O) groups excluding carboxylic acids is 1. The van der Waals surface area contributed by atoms with Crippen molar-refractivity contribution in [1.29, 1.82) is 0 Å². The average molecular weight is 424 g/mol. The summed E-state index contributed by atoms with van der Waals surface area (Å²) in [5.74, 6) is -2.65. The Kier molecular flexibility index (Phi) is 9.66. The minimum atomic E-state index is -1.41. The van der Waals surface area contributed by atoms with E-state index in [0.717, 1.165) is 0 Å². The lowest BCUT2D eigenvalue weighted by Crippen LogP contribution is -2.43. The Labute approximate surface area is 165 Å². The number of hydrogen-bond acceptors (Lipinski definition) is 4. The Morgan fingerprint density at radius 1 is 1.15 bits per heavy atom. The third kappa shape index (κ3) is 7.88. The van der Waals surface area contributed by atoms with E-state index >= 15 is 0 Å². The van der Waals surface area contributed by atoms with Crippen LogP contribution in [0, 0.1) is 5.82 Å². The Hall–Kier alpha value is -2.26. The van der Waals surface area contributed by atoms with Gasteiger partial charge in [-0.3, -0.25) is 4.79 Å². The second kappa shape index (κ2) is 11.5. The molecule has 0 saturated carbocycles. The lowest BCUT2D eigenvalue weighted by Gasteiger charge is -2.23. The number of amides is 2. The van der Waals surface area contributed by atoms with Gasteiger partial charge in [0.1, 0.15) is 11.9 Å². The fraction of sp³-hybridized carbons (Fsp3) is 0.438. The first-order valence-electron chi connectivity index (χ1n) is 7.97. The number of nitrogens with one attached hydrogen (secondary N) is 2. The molecule has 0 radical (unpaired) electrons. The van der Waals surface area contributed by atoms with Crippen molar-refractivity contribution >= 4 is 52.5 Å². The lowest BCUT2D eigenvalue weighted by molar-refractivity contribution is -0.140. The van der Waals surface area contributed by atoms with E-state index < -0.39 is 36.2 Å². The van der Waals surface area contributed by atoms with Crippen LogP contribution < -0.4 is 15.5 Å². The van der Waals surface area contributed by atoms with E-state index in [-0.39, 0.29) is 12.1 Å². The monoisotopic (exact) mass is 423 g/mol. The number of carbonyl (C=O) groups is 3. The van der Waals surface area contributed by atoms with Gasteiger partial charge in [0.25, 0.3) is 0 Å². The highest BCUT2D eigenvalue weighted by atomic mass is 35.5. The van der Waals surface area contributed by atoms with Gasteiger partial charge in [0.15, 0.2) is 0 Å². The summed E-state index contributed by atoms with van der Waals surface area (Å²) >= 11 is 11.4. The predicted molar refractivity (Wildman–Crippen MR) is 101 cm³/mol. The third-order valence-corrected chi connectivity index (χ3v) is 3.86. The van der Waals surface area contributed by atoms with E-state index in [4.69, 9.17) is 33.4 Å². The molecule has 1 atom stereocenters. The maximum Gasteiger partial charge on any atom is 0.326 e. The minimum Gasteiger partial charge on any atom is -0.481 e. The van der Waals surface area contributed by atoms with Crippen molar-refractivity contribution < 1.29 is 29.0 Å². The number of hydrogen-bond donors (Lipinski definition) is 4. The molecule has 0 saturated heterocycles. The first-order valence-corrected chi connectivity index (χ1v) is 9.04. The largest absolute Gasteiger partial charge is 0.481 e. The highest BCUT2D eigenvalue weighted by Crippen LogP contribution is 2.22. The van der Waals surface area contributed by atoms with Crippen molar-refractivity contribution in [2.75, 3.05) is 35.1 Å². The summed E-state index contributed by atoms with van der Waals surface area (Å²) in [6.45, 7) is 0.926. The summed E-state index contributed by atoms with van der Waals surface area (Å²) in [7, 11) is 0. The molecule has 27 heavy (non-hydrogen) atoms. The van der Waals surface area contributed by atoms with Gasteiger partial charge >= 0.3 is 18.0 Å². The topological polar surface area (TPSA) is 119 Å². The van der Waals surface area contributed by atoms with Crippen LogP contribution in [-0.4, -0.2) is 59.1 Å². The molecule has 4 N–H and O–H groups in total. The van der Waals surface area contributed by atoms with E-state index in [2.05, 4.69) is 10.6 Å². The van der Waals surface area contributed by atoms with E-state index in [1.165, 1.54) is 12.1 Å². The second-order valence-corrected chi connectivity index (χ2v) is 6.21. The van der Waals surface area contributed by atoms with Gasteiger partial charge in [-0.05, 0) is 24.6 Å². The Morgan fingerprint density at radius 3 is 2.26 bits per heavy atom. The maximum atomic E-state index is 14.3. The van der Waals surface area contributed by atoms with E-state index in [1.807, 2.05) is 0 Å². The highest BCUT2D eigenvalue weighted by Gasteiger charge is 2.21. The highest BCUT2D eigenvalue weighted by molar-refractivity contribution is 6.18. The molecule has 0 bridgehead atoms. The van der Waals surface area contributed by atoms with Gasteiger partial charge in [-0.15, -0.1) is 23.2 Å². The molecule has 11 heteroatoms. The van der Waals surface area contributed by atoms with Gasteiger partial charge in [0.05, 0.1) is 5.69 Å². The van der Waals surface area contributed by atoms with Gasteiger partial charge < -0.3 is 25.7 Å². The number of rotatable bonds is 11. The molecule has 0 aliphatic carbocycles. The zero-order valence-corrected chi connectivity index (χ0v) is 15.8. The molecule has 8 nitrogen and oxygen atoms in total. The minimum absolute atomic E-state index is 0.157. The molecule has 2 amide bonds. The fourth-order valence-corrected chi connectivity index (χ4v) is 2.63. The third-order valence-electron chi connectivity index (χ3n) is 3.53. The summed E-state index contributed by atoms with van der Waals surface area (Å²) in [4.78, 5) is 35.3. The average Bonchev–Trinajstić information content (AvgIpc) is 2.59. The predicted octanol–water partition coefficient (Wildman–Crippen LogP) is 2.55. The number of alkyl halides is 2. The van der Waals surface area contributed by atoms with Gasteiger partial charge in [-0.1, -0.05) is 0 Å². The normalized spacial score (nSPS) is 11.5. The van der Waals surface area contributed by atoms with Crippen LogP contribution in [0.2, 0.25) is 0 Å². The number of benzene rings is 1. The number of halogens is 3. The zero-order valence-electron chi connectivity index (χ0n) is 14.3. The number of anilines is 2. The molecule has 1 rings (SSSR count). The molecular formula is C16H20Cl2FN3O5. The molecule has 1 aromatic carbocycles. The molecule has 0 aliphatic rings. The Bertz CT molecular complexity index is 671. The zero-order chi connectivity index (χ0) is 20.4. The van der Waals surface area contributed by atoms with Crippen molar-refractivity contribution in [3.8, 4) is 0 Å². The SMILES string of the molecule is O=C(O)CC[C@@H](NC(=O)Nc1ccc(N(CCCl)CCCl)cc1F)C(=O)O. The van der Waals surface area contributed by atoms with Crippen molar-refractivity contribution in [2.45, 2.75) is 18.9 Å². The van der Waals surface area contributed by atoms with Crippen LogP contribution in [0.5, 0.6) is 0 Å². The van der Waals surface area contributed by atoms with Crippen LogP contribution in [0.15, 0.2) is 18.2 Å². The van der Waals surface area contributed by atoms with E-state index in [0.29, 0.717) is 30.5 Å². The van der Waals surface area contributed by atoms with Gasteiger partial charge in [-0.25, -0.2) is 14.0 Å². The maximum absolute atomic E-state index is 14.3. The van der Waals surface area contributed by atoms with Crippen LogP contribution in [0.25, 0.3) is 0 Å². The number of aliphatic carboxylic acids is 2. The molecule has 0 aliphatic heterocycles. The van der Waals surface area contributed by atoms with Crippen molar-refractivity contribution in [1.82, 2.24) is 5.32 Å². The summed E-state index contributed by atoms with van der Waals surface area (Å²) in [6, 6.07) is 1.72. The number of carboxylic acids is 2. The number of urea groups is 1. The Balaban J connectivity index is 2.78. The smallest absolute Gasteiger partial charge is 0.326 e. The van der Waals surface area contributed by atoms with Crippen molar-refractivity contribution in [2.24, 2.45) is 0 Å². The van der Waals surface area contributed by atoms with E-state index in [1.54, 1.807) is 11.0 Å². The molecule has 0 fully saturated rings. The number of carboxylic acid groups (broad SMARTS) is 2. The van der Waals surface area contributed by atoms with Gasteiger partial charge in [0, 0.05) is 37.0 Å². The van der Waals surface area contributed by atoms with Gasteiger partial charge in [0.2, 0.25) is 0 Å². The molecule has 150 valence electrons. The standard InChI is InChI=1S/C16H20Cl2FN3O5/c17-5-7-22(8-6-18)10-1-2-12(11(19)9-10)20-16(27)21-13(15(25)26)3-4-14(23)24/h1-2,9,13H,3-8H2,(H,23,24)(H,25,26)(H2,20,21,27)/t13-/m1/s1. The number of nitrogens with zero attached hydrogens (tertiary/aromatic N) is 1. The first kappa shape index (κ1) is 22.8. The van der Waals surface area contributed by atoms with Crippen LogP contribution >= 0.6 is 23.2 Å². The first-order chi connectivity index (χ1) is 12.8. The molecule has 0 heterocycles. The summed E-state index contributed by atoms with van der Waals surface area (Å²) < 4.78 is 14.3. The fourth-order valence-electron chi connectivity index (χ4n) is 2.22. The van der Waals surface area contributed by atoms with Crippen molar-refractivity contribution in [3.05, 3.63) is 24.0 Å². The Morgan fingerprint density at radius 2 is 1.78 bits per heavy atom. The lowest BCUT2D eigenvalue weighted by atomic mass is 10.1. The molecule has 0 aromatic heterocycles. The second-order valence-electron chi connectivity index (χ2n) is 5.45. The van der Waals surface area contributed by atoms with Crippen LogP contribution in [0.3, 0.4) is 0 Å². The quantitative estimate of drug-likeness (QED) is 0.406.